The number of tetrazole rings is 1. The summed E-state index contributed by atoms with van der Waals surface area (Å²) < 4.78 is 2.59. The van der Waals surface area contributed by atoms with E-state index < -0.39 is 0 Å². The van der Waals surface area contributed by atoms with Crippen molar-refractivity contribution in [3.05, 3.63) is 70.0 Å². The Hall–Kier alpha value is -2.54. The van der Waals surface area contributed by atoms with Crippen LogP contribution in [0.15, 0.2) is 53.0 Å². The van der Waals surface area contributed by atoms with Gasteiger partial charge >= 0.3 is 0 Å². The summed E-state index contributed by atoms with van der Waals surface area (Å²) in [5, 5.41) is 14.8. The van der Waals surface area contributed by atoms with Gasteiger partial charge in [-0.1, -0.05) is 34.1 Å². The summed E-state index contributed by atoms with van der Waals surface area (Å²) in [6.45, 7) is 3.77. The molecule has 0 aliphatic carbocycles. The van der Waals surface area contributed by atoms with Gasteiger partial charge in [0.1, 0.15) is 0 Å². The second kappa shape index (κ2) is 6.92. The fourth-order valence-electron chi connectivity index (χ4n) is 2.40. The van der Waals surface area contributed by atoms with Crippen LogP contribution in [0.5, 0.6) is 0 Å². The molecule has 1 atom stereocenters. The lowest BCUT2D eigenvalue weighted by molar-refractivity contribution is 0.0937. The van der Waals surface area contributed by atoms with Crippen molar-refractivity contribution in [1.82, 2.24) is 25.5 Å². The molecule has 1 amide bonds. The van der Waals surface area contributed by atoms with Crippen LogP contribution >= 0.6 is 15.9 Å². The Morgan fingerprint density at radius 1 is 1.17 bits per heavy atom. The van der Waals surface area contributed by atoms with E-state index in [1.54, 1.807) is 10.7 Å². The summed E-state index contributed by atoms with van der Waals surface area (Å²) in [6.07, 6.45) is 0. The number of benzene rings is 2. The van der Waals surface area contributed by atoms with Crippen LogP contribution in [0.1, 0.15) is 34.7 Å². The molecule has 1 unspecified atom stereocenters. The molecule has 1 N–H and O–H groups in total. The summed E-state index contributed by atoms with van der Waals surface area (Å²) in [5.41, 5.74) is 2.40. The number of amides is 1. The van der Waals surface area contributed by atoms with Crippen molar-refractivity contribution in [2.24, 2.45) is 0 Å². The molecule has 0 aliphatic rings. The minimum Gasteiger partial charge on any atom is -0.342 e. The first-order chi connectivity index (χ1) is 11.6. The SMILES string of the molecule is Cc1ccccc1C(=O)NC(C)c1nnnn1-c1ccc(Br)cc1. The molecule has 0 fully saturated rings. The third-order valence-electron chi connectivity index (χ3n) is 3.69. The van der Waals surface area contributed by atoms with Gasteiger partial charge < -0.3 is 5.32 Å². The van der Waals surface area contributed by atoms with Gasteiger partial charge in [-0.25, -0.2) is 0 Å². The third-order valence-corrected chi connectivity index (χ3v) is 4.22. The second-order valence-corrected chi connectivity index (χ2v) is 6.35. The van der Waals surface area contributed by atoms with Gasteiger partial charge in [-0.15, -0.1) is 5.10 Å². The lowest BCUT2D eigenvalue weighted by Gasteiger charge is -2.14. The third kappa shape index (κ3) is 3.35. The Morgan fingerprint density at radius 3 is 2.58 bits per heavy atom. The monoisotopic (exact) mass is 385 g/mol. The molecule has 122 valence electrons. The zero-order valence-electron chi connectivity index (χ0n) is 13.3. The van der Waals surface area contributed by atoms with Crippen molar-refractivity contribution in [1.29, 1.82) is 0 Å². The summed E-state index contributed by atoms with van der Waals surface area (Å²) >= 11 is 3.40. The van der Waals surface area contributed by atoms with Crippen LogP contribution in [0.25, 0.3) is 5.69 Å². The smallest absolute Gasteiger partial charge is 0.252 e. The highest BCUT2D eigenvalue weighted by Crippen LogP contribution is 2.17. The van der Waals surface area contributed by atoms with Crippen molar-refractivity contribution >= 4 is 21.8 Å². The van der Waals surface area contributed by atoms with Crippen LogP contribution in [0.3, 0.4) is 0 Å². The van der Waals surface area contributed by atoms with Crippen molar-refractivity contribution in [2.45, 2.75) is 19.9 Å². The van der Waals surface area contributed by atoms with E-state index in [0.717, 1.165) is 15.7 Å². The van der Waals surface area contributed by atoms with E-state index in [2.05, 4.69) is 36.8 Å². The van der Waals surface area contributed by atoms with E-state index in [9.17, 15) is 4.79 Å². The lowest BCUT2D eigenvalue weighted by atomic mass is 10.1. The standard InChI is InChI=1S/C17H16BrN5O/c1-11-5-3-4-6-15(11)17(24)19-12(2)16-20-21-22-23(16)14-9-7-13(18)8-10-14/h3-10,12H,1-2H3,(H,19,24). The van der Waals surface area contributed by atoms with Gasteiger partial charge in [-0.3, -0.25) is 4.79 Å². The van der Waals surface area contributed by atoms with Crippen molar-refractivity contribution < 1.29 is 4.79 Å². The zero-order chi connectivity index (χ0) is 17.1. The van der Waals surface area contributed by atoms with E-state index in [0.29, 0.717) is 11.4 Å². The van der Waals surface area contributed by atoms with Crippen LogP contribution in [-0.2, 0) is 0 Å². The Kier molecular flexibility index (Phi) is 4.71. The largest absolute Gasteiger partial charge is 0.342 e. The Labute approximate surface area is 148 Å². The first-order valence-electron chi connectivity index (χ1n) is 7.47. The van der Waals surface area contributed by atoms with Gasteiger partial charge in [0.05, 0.1) is 11.7 Å². The normalized spacial score (nSPS) is 12.0. The van der Waals surface area contributed by atoms with Crippen LogP contribution in [0, 0.1) is 6.92 Å². The summed E-state index contributed by atoms with van der Waals surface area (Å²) in [4.78, 5) is 12.5. The maximum atomic E-state index is 12.5. The zero-order valence-corrected chi connectivity index (χ0v) is 14.9. The van der Waals surface area contributed by atoms with Gasteiger partial charge in [-0.2, -0.15) is 4.68 Å². The molecule has 7 heteroatoms. The summed E-state index contributed by atoms with van der Waals surface area (Å²) in [5.74, 6) is 0.421. The molecule has 0 saturated carbocycles. The quantitative estimate of drug-likeness (QED) is 0.747. The fraction of sp³-hybridized carbons (Fsp3) is 0.176. The van der Waals surface area contributed by atoms with Gasteiger partial charge in [0.25, 0.3) is 5.91 Å². The molecule has 3 rings (SSSR count). The molecule has 24 heavy (non-hydrogen) atoms. The molecule has 0 saturated heterocycles. The van der Waals surface area contributed by atoms with Gasteiger partial charge in [0.2, 0.25) is 0 Å². The maximum absolute atomic E-state index is 12.5. The molecule has 1 heterocycles. The first-order valence-corrected chi connectivity index (χ1v) is 8.26. The van der Waals surface area contributed by atoms with E-state index in [4.69, 9.17) is 0 Å². The highest BCUT2D eigenvalue weighted by atomic mass is 79.9. The number of nitrogens with zero attached hydrogens (tertiary/aromatic N) is 4. The molecule has 1 aromatic heterocycles. The van der Waals surface area contributed by atoms with Crippen molar-refractivity contribution in [2.75, 3.05) is 0 Å². The first kappa shape index (κ1) is 16.3. The average Bonchev–Trinajstić information content (AvgIpc) is 3.05. The molecule has 3 aromatic rings. The van der Waals surface area contributed by atoms with E-state index in [1.807, 2.05) is 56.3 Å². The molecule has 0 aliphatic heterocycles. The van der Waals surface area contributed by atoms with Crippen molar-refractivity contribution in [3.8, 4) is 5.69 Å². The van der Waals surface area contributed by atoms with Crippen LogP contribution in [-0.4, -0.2) is 26.1 Å². The summed E-state index contributed by atoms with van der Waals surface area (Å²) in [7, 11) is 0. The average molecular weight is 386 g/mol. The number of hydrogen-bond donors (Lipinski definition) is 1. The van der Waals surface area contributed by atoms with Crippen LogP contribution < -0.4 is 5.32 Å². The maximum Gasteiger partial charge on any atom is 0.252 e. The number of carbonyl (C=O) groups is 1. The minimum atomic E-state index is -0.337. The number of nitrogens with one attached hydrogen (secondary N) is 1. The topological polar surface area (TPSA) is 72.7 Å². The van der Waals surface area contributed by atoms with Crippen LogP contribution in [0.2, 0.25) is 0 Å². The summed E-state index contributed by atoms with van der Waals surface area (Å²) in [6, 6.07) is 14.8. The molecular weight excluding hydrogens is 370 g/mol. The van der Waals surface area contributed by atoms with Gasteiger partial charge in [0.15, 0.2) is 5.82 Å². The molecule has 6 nitrogen and oxygen atoms in total. The predicted molar refractivity (Wildman–Crippen MR) is 93.9 cm³/mol. The number of halogens is 1. The second-order valence-electron chi connectivity index (χ2n) is 5.44. The Morgan fingerprint density at radius 2 is 1.88 bits per heavy atom. The van der Waals surface area contributed by atoms with E-state index >= 15 is 0 Å². The fourth-order valence-corrected chi connectivity index (χ4v) is 2.66. The minimum absolute atomic E-state index is 0.147. The number of carbonyl (C=O) groups excluding carboxylic acids is 1. The number of aromatic nitrogens is 4. The molecule has 0 radical (unpaired) electrons. The molecular formula is C17H16BrN5O. The number of hydrogen-bond acceptors (Lipinski definition) is 4. The van der Waals surface area contributed by atoms with Crippen LogP contribution in [0.4, 0.5) is 0 Å². The van der Waals surface area contributed by atoms with E-state index in [1.165, 1.54) is 0 Å². The lowest BCUT2D eigenvalue weighted by Crippen LogP contribution is -2.29. The van der Waals surface area contributed by atoms with E-state index in [-0.39, 0.29) is 11.9 Å². The van der Waals surface area contributed by atoms with Gasteiger partial charge in [0, 0.05) is 10.0 Å². The molecule has 0 bridgehead atoms. The van der Waals surface area contributed by atoms with Gasteiger partial charge in [-0.05, 0) is 60.2 Å². The number of aryl methyl sites for hydroxylation is 1. The highest BCUT2D eigenvalue weighted by Gasteiger charge is 2.19. The molecule has 2 aromatic carbocycles. The Balaban J connectivity index is 1.83. The predicted octanol–water partition coefficient (Wildman–Crippen LogP) is 3.22. The number of rotatable bonds is 4. The molecule has 0 spiro atoms. The van der Waals surface area contributed by atoms with Crippen molar-refractivity contribution in [3.63, 3.8) is 0 Å². The Bertz CT molecular complexity index is 859. The highest BCUT2D eigenvalue weighted by molar-refractivity contribution is 9.10.